The van der Waals surface area contributed by atoms with Crippen molar-refractivity contribution in [3.63, 3.8) is 0 Å². The summed E-state index contributed by atoms with van der Waals surface area (Å²) in [6.07, 6.45) is 6.72. The smallest absolute Gasteiger partial charge is 0.225 e. The zero-order chi connectivity index (χ0) is 16.2. The van der Waals surface area contributed by atoms with Crippen LogP contribution >= 0.6 is 0 Å². The standard InChI is InChI=1S/C16H20FN5O/c1-18-15-13(17)9-20-16(22-15)21-14(11-7-12(23)8-11)6-10-2-4-19-5-3-10/h2-5,9,11-12,14,23H,6-8H2,1H3,(H2,18,20,21,22). The van der Waals surface area contributed by atoms with Gasteiger partial charge >= 0.3 is 0 Å². The first kappa shape index (κ1) is 15.6. The predicted octanol–water partition coefficient (Wildman–Crippen LogP) is 1.85. The third kappa shape index (κ3) is 3.73. The van der Waals surface area contributed by atoms with Gasteiger partial charge in [0.05, 0.1) is 12.3 Å². The Morgan fingerprint density at radius 2 is 2.09 bits per heavy atom. The lowest BCUT2D eigenvalue weighted by Crippen LogP contribution is -2.42. The van der Waals surface area contributed by atoms with Gasteiger partial charge in [-0.25, -0.2) is 9.37 Å². The van der Waals surface area contributed by atoms with Crippen molar-refractivity contribution in [3.05, 3.63) is 42.1 Å². The quantitative estimate of drug-likeness (QED) is 0.754. The summed E-state index contributed by atoms with van der Waals surface area (Å²) in [6.45, 7) is 0. The molecule has 0 aliphatic heterocycles. The van der Waals surface area contributed by atoms with E-state index in [-0.39, 0.29) is 18.0 Å². The molecule has 1 saturated carbocycles. The van der Waals surface area contributed by atoms with Crippen LogP contribution in [0.15, 0.2) is 30.7 Å². The first-order chi connectivity index (χ1) is 11.2. The molecular formula is C16H20FN5O. The van der Waals surface area contributed by atoms with Crippen LogP contribution in [0.25, 0.3) is 0 Å². The SMILES string of the molecule is CNc1nc(NC(Cc2ccncc2)C2CC(O)C2)ncc1F. The van der Waals surface area contributed by atoms with Crippen molar-refractivity contribution in [1.29, 1.82) is 0 Å². The van der Waals surface area contributed by atoms with Gasteiger partial charge in [0.1, 0.15) is 0 Å². The van der Waals surface area contributed by atoms with Crippen LogP contribution in [0.5, 0.6) is 0 Å². The lowest BCUT2D eigenvalue weighted by molar-refractivity contribution is 0.0341. The van der Waals surface area contributed by atoms with Crippen molar-refractivity contribution < 1.29 is 9.50 Å². The molecule has 2 aromatic rings. The van der Waals surface area contributed by atoms with Crippen molar-refractivity contribution in [2.75, 3.05) is 17.7 Å². The molecule has 0 bridgehead atoms. The van der Waals surface area contributed by atoms with E-state index in [1.165, 1.54) is 0 Å². The fraction of sp³-hybridized carbons (Fsp3) is 0.438. The summed E-state index contributed by atoms with van der Waals surface area (Å²) >= 11 is 0. The molecule has 0 radical (unpaired) electrons. The maximum atomic E-state index is 13.5. The van der Waals surface area contributed by atoms with E-state index >= 15 is 0 Å². The lowest BCUT2D eigenvalue weighted by Gasteiger charge is -2.38. The minimum atomic E-state index is -0.484. The normalized spacial score (nSPS) is 21.3. The Labute approximate surface area is 134 Å². The van der Waals surface area contributed by atoms with Crippen LogP contribution in [-0.4, -0.2) is 39.3 Å². The second-order valence-electron chi connectivity index (χ2n) is 5.84. The summed E-state index contributed by atoms with van der Waals surface area (Å²) in [6, 6.07) is 4.01. The van der Waals surface area contributed by atoms with Crippen LogP contribution in [0.3, 0.4) is 0 Å². The molecule has 3 rings (SSSR count). The van der Waals surface area contributed by atoms with E-state index < -0.39 is 5.82 Å². The highest BCUT2D eigenvalue weighted by Crippen LogP contribution is 2.33. The van der Waals surface area contributed by atoms with Gasteiger partial charge in [0.2, 0.25) is 5.95 Å². The number of nitrogens with zero attached hydrogens (tertiary/aromatic N) is 3. The molecule has 7 heteroatoms. The number of aliphatic hydroxyl groups excluding tert-OH is 1. The molecule has 23 heavy (non-hydrogen) atoms. The van der Waals surface area contributed by atoms with Crippen LogP contribution in [0.1, 0.15) is 18.4 Å². The van der Waals surface area contributed by atoms with Crippen molar-refractivity contribution >= 4 is 11.8 Å². The molecule has 2 aromatic heterocycles. The second kappa shape index (κ2) is 6.87. The number of halogens is 1. The van der Waals surface area contributed by atoms with E-state index in [9.17, 15) is 9.50 Å². The average Bonchev–Trinajstić information content (AvgIpc) is 2.54. The van der Waals surface area contributed by atoms with Crippen LogP contribution in [0, 0.1) is 11.7 Å². The van der Waals surface area contributed by atoms with Crippen LogP contribution < -0.4 is 10.6 Å². The minimum Gasteiger partial charge on any atom is -0.393 e. The third-order valence-corrected chi connectivity index (χ3v) is 4.22. The highest BCUT2D eigenvalue weighted by atomic mass is 19.1. The first-order valence-corrected chi connectivity index (χ1v) is 7.69. The van der Waals surface area contributed by atoms with Crippen molar-refractivity contribution in [1.82, 2.24) is 15.0 Å². The van der Waals surface area contributed by atoms with Gasteiger partial charge in [0, 0.05) is 25.5 Å². The fourth-order valence-corrected chi connectivity index (χ4v) is 2.84. The zero-order valence-corrected chi connectivity index (χ0v) is 12.9. The van der Waals surface area contributed by atoms with Gasteiger partial charge in [-0.15, -0.1) is 0 Å². The Morgan fingerprint density at radius 3 is 2.74 bits per heavy atom. The van der Waals surface area contributed by atoms with Gasteiger partial charge < -0.3 is 15.7 Å². The molecule has 122 valence electrons. The van der Waals surface area contributed by atoms with Gasteiger partial charge in [-0.3, -0.25) is 4.98 Å². The van der Waals surface area contributed by atoms with Gasteiger partial charge in [-0.05, 0) is 42.9 Å². The van der Waals surface area contributed by atoms with E-state index in [0.29, 0.717) is 11.9 Å². The molecule has 1 aliphatic rings. The molecule has 0 aromatic carbocycles. The number of rotatable bonds is 6. The highest BCUT2D eigenvalue weighted by molar-refractivity contribution is 5.41. The highest BCUT2D eigenvalue weighted by Gasteiger charge is 2.34. The lowest BCUT2D eigenvalue weighted by atomic mass is 9.75. The van der Waals surface area contributed by atoms with Gasteiger partial charge in [-0.2, -0.15) is 4.98 Å². The monoisotopic (exact) mass is 317 g/mol. The minimum absolute atomic E-state index is 0.0796. The predicted molar refractivity (Wildman–Crippen MR) is 85.6 cm³/mol. The third-order valence-electron chi connectivity index (χ3n) is 4.22. The molecule has 0 amide bonds. The molecule has 0 saturated heterocycles. The number of hydrogen-bond donors (Lipinski definition) is 3. The number of aliphatic hydroxyl groups is 1. The molecule has 3 N–H and O–H groups in total. The molecule has 6 nitrogen and oxygen atoms in total. The Balaban J connectivity index is 1.75. The summed E-state index contributed by atoms with van der Waals surface area (Å²) in [5, 5.41) is 15.6. The van der Waals surface area contributed by atoms with E-state index in [1.807, 2.05) is 12.1 Å². The van der Waals surface area contributed by atoms with Gasteiger partial charge in [-0.1, -0.05) is 0 Å². The maximum absolute atomic E-state index is 13.5. The number of anilines is 2. The summed E-state index contributed by atoms with van der Waals surface area (Å²) in [5.41, 5.74) is 1.15. The largest absolute Gasteiger partial charge is 0.393 e. The van der Waals surface area contributed by atoms with Crippen LogP contribution in [0.2, 0.25) is 0 Å². The van der Waals surface area contributed by atoms with E-state index in [1.54, 1.807) is 19.4 Å². The van der Waals surface area contributed by atoms with E-state index in [2.05, 4.69) is 25.6 Å². The molecule has 2 heterocycles. The summed E-state index contributed by atoms with van der Waals surface area (Å²) in [7, 11) is 1.62. The Hall–Kier alpha value is -2.28. The topological polar surface area (TPSA) is 83.0 Å². The van der Waals surface area contributed by atoms with Crippen molar-refractivity contribution in [3.8, 4) is 0 Å². The van der Waals surface area contributed by atoms with Crippen LogP contribution in [0.4, 0.5) is 16.2 Å². The van der Waals surface area contributed by atoms with Crippen molar-refractivity contribution in [2.24, 2.45) is 5.92 Å². The summed E-state index contributed by atoms with van der Waals surface area (Å²) in [5.74, 6) is 0.405. The van der Waals surface area contributed by atoms with E-state index in [4.69, 9.17) is 0 Å². The maximum Gasteiger partial charge on any atom is 0.225 e. The molecule has 1 unspecified atom stereocenters. The molecule has 1 fully saturated rings. The average molecular weight is 317 g/mol. The number of aromatic nitrogens is 3. The second-order valence-corrected chi connectivity index (χ2v) is 5.84. The number of pyridine rings is 1. The first-order valence-electron chi connectivity index (χ1n) is 7.69. The van der Waals surface area contributed by atoms with Gasteiger partial charge in [0.25, 0.3) is 0 Å². The Kier molecular flexibility index (Phi) is 4.66. The number of nitrogens with one attached hydrogen (secondary N) is 2. The number of hydrogen-bond acceptors (Lipinski definition) is 6. The zero-order valence-electron chi connectivity index (χ0n) is 12.9. The summed E-state index contributed by atoms with van der Waals surface area (Å²) < 4.78 is 13.5. The Morgan fingerprint density at radius 1 is 1.35 bits per heavy atom. The fourth-order valence-electron chi connectivity index (χ4n) is 2.84. The van der Waals surface area contributed by atoms with Crippen LogP contribution in [-0.2, 0) is 6.42 Å². The molecule has 1 aliphatic carbocycles. The van der Waals surface area contributed by atoms with E-state index in [0.717, 1.165) is 31.0 Å². The molecule has 1 atom stereocenters. The van der Waals surface area contributed by atoms with Gasteiger partial charge in [0.15, 0.2) is 11.6 Å². The Bertz CT molecular complexity index is 648. The molecular weight excluding hydrogens is 297 g/mol. The molecule has 0 spiro atoms. The summed E-state index contributed by atoms with van der Waals surface area (Å²) in [4.78, 5) is 12.2. The van der Waals surface area contributed by atoms with Crippen molar-refractivity contribution in [2.45, 2.75) is 31.4 Å².